The van der Waals surface area contributed by atoms with E-state index in [4.69, 9.17) is 10.6 Å². The largest absolute Gasteiger partial charge is 0.478 e. The second-order valence-corrected chi connectivity index (χ2v) is 11.5. The minimum Gasteiger partial charge on any atom is -0.478 e. The molecule has 208 valence electrons. The summed E-state index contributed by atoms with van der Waals surface area (Å²) in [5.74, 6) is -3.69. The van der Waals surface area contributed by atoms with E-state index in [9.17, 15) is 29.4 Å². The standard InChI is InChI=1S/C24H23N7O7S2/c1-24(2,22(36)37)38-28-15(14-11-40-23(25)26-14)18(32)27-16-19(33)31-17(21(34)35)12(10-39-20(16)31)8-29-6-7-30-5-3-4-13(30)9-29/h3-7,9,11,16,20H,8,10H2,1-2H3,(H4-,25,26,27,32,34,35,36,37)/p+1/t16-,20+/m1/s1. The van der Waals surface area contributed by atoms with Gasteiger partial charge in [0.2, 0.25) is 5.60 Å². The first-order chi connectivity index (χ1) is 19.0. The number of thioether (sulfide) groups is 1. The quantitative estimate of drug-likeness (QED) is 0.117. The zero-order valence-electron chi connectivity index (χ0n) is 21.2. The van der Waals surface area contributed by atoms with Gasteiger partial charge in [-0.15, -0.1) is 23.1 Å². The minimum atomic E-state index is -1.75. The van der Waals surface area contributed by atoms with Crippen LogP contribution in [0.2, 0.25) is 0 Å². The predicted molar refractivity (Wildman–Crippen MR) is 143 cm³/mol. The maximum absolute atomic E-state index is 13.2. The molecule has 5 heterocycles. The first-order valence-electron chi connectivity index (χ1n) is 11.8. The van der Waals surface area contributed by atoms with Crippen LogP contribution >= 0.6 is 23.1 Å². The normalized spacial score (nSPS) is 19.3. The summed E-state index contributed by atoms with van der Waals surface area (Å²) in [6.45, 7) is 2.77. The van der Waals surface area contributed by atoms with Crippen molar-refractivity contribution in [2.24, 2.45) is 5.16 Å². The Balaban J connectivity index is 1.36. The number of carbonyl (C=O) groups excluding carboxylic acids is 2. The lowest BCUT2D eigenvalue weighted by Gasteiger charge is -2.49. The van der Waals surface area contributed by atoms with Crippen molar-refractivity contribution in [2.45, 2.75) is 37.4 Å². The van der Waals surface area contributed by atoms with Crippen molar-refractivity contribution in [1.29, 1.82) is 0 Å². The van der Waals surface area contributed by atoms with Gasteiger partial charge in [0.25, 0.3) is 11.8 Å². The van der Waals surface area contributed by atoms with E-state index in [-0.39, 0.29) is 28.8 Å². The van der Waals surface area contributed by atoms with Crippen LogP contribution in [-0.4, -0.2) is 76.7 Å². The van der Waals surface area contributed by atoms with E-state index >= 15 is 0 Å². The van der Waals surface area contributed by atoms with Crippen LogP contribution < -0.4 is 15.6 Å². The Bertz CT molecular complexity index is 1610. The predicted octanol–water partition coefficient (Wildman–Crippen LogP) is 0.288. The Kier molecular flexibility index (Phi) is 6.97. The first-order valence-corrected chi connectivity index (χ1v) is 13.8. The van der Waals surface area contributed by atoms with Crippen LogP contribution in [0.5, 0.6) is 0 Å². The lowest BCUT2D eigenvalue weighted by atomic mass is 10.0. The van der Waals surface area contributed by atoms with Gasteiger partial charge in [-0.25, -0.2) is 14.6 Å². The number of amides is 2. The number of carboxylic acid groups (broad SMARTS) is 2. The topological polar surface area (TPSA) is 193 Å². The molecule has 40 heavy (non-hydrogen) atoms. The molecular weight excluding hydrogens is 562 g/mol. The zero-order chi connectivity index (χ0) is 28.8. The number of aliphatic carboxylic acids is 2. The number of β-lactam (4-membered cyclic amide) rings is 1. The van der Waals surface area contributed by atoms with Crippen LogP contribution in [-0.2, 0) is 30.6 Å². The molecule has 5 rings (SSSR count). The van der Waals surface area contributed by atoms with Crippen LogP contribution in [0.4, 0.5) is 5.13 Å². The fourth-order valence-electron chi connectivity index (χ4n) is 4.16. The molecule has 5 N–H and O–H groups in total. The Morgan fingerprint density at radius 3 is 2.77 bits per heavy atom. The molecule has 2 aliphatic heterocycles. The Morgan fingerprint density at radius 1 is 1.32 bits per heavy atom. The van der Waals surface area contributed by atoms with Crippen LogP contribution in [0.25, 0.3) is 5.52 Å². The molecule has 3 aromatic rings. The number of thiazole rings is 1. The zero-order valence-corrected chi connectivity index (χ0v) is 22.8. The number of hydrogen-bond donors (Lipinski definition) is 4. The van der Waals surface area contributed by atoms with Gasteiger partial charge >= 0.3 is 11.9 Å². The number of nitrogens with one attached hydrogen (secondary N) is 1. The number of anilines is 1. The number of fused-ring (bicyclic) bond motifs is 2. The van der Waals surface area contributed by atoms with Crippen LogP contribution in [0, 0.1) is 0 Å². The summed E-state index contributed by atoms with van der Waals surface area (Å²) in [6, 6.07) is 2.77. The van der Waals surface area contributed by atoms with Crippen LogP contribution in [0.15, 0.2) is 58.7 Å². The highest BCUT2D eigenvalue weighted by molar-refractivity contribution is 8.00. The fourth-order valence-corrected chi connectivity index (χ4v) is 6.04. The molecule has 2 atom stereocenters. The van der Waals surface area contributed by atoms with Crippen molar-refractivity contribution in [1.82, 2.24) is 19.6 Å². The molecular formula is C24H24N7O7S2+. The summed E-state index contributed by atoms with van der Waals surface area (Å²) >= 11 is 2.35. The molecule has 3 aromatic heterocycles. The molecule has 0 bridgehead atoms. The molecule has 0 unspecified atom stereocenters. The van der Waals surface area contributed by atoms with Crippen LogP contribution in [0.3, 0.4) is 0 Å². The highest BCUT2D eigenvalue weighted by Crippen LogP contribution is 2.40. The summed E-state index contributed by atoms with van der Waals surface area (Å²) < 4.78 is 3.77. The first kappa shape index (κ1) is 27.1. The highest BCUT2D eigenvalue weighted by atomic mass is 32.2. The Hall–Kier alpha value is -4.44. The van der Waals surface area contributed by atoms with Gasteiger partial charge in [0.05, 0.1) is 6.20 Å². The maximum Gasteiger partial charge on any atom is 0.352 e. The lowest BCUT2D eigenvalue weighted by Crippen LogP contribution is -2.71. The summed E-state index contributed by atoms with van der Waals surface area (Å²) in [4.78, 5) is 60.3. The molecule has 0 radical (unpaired) electrons. The summed E-state index contributed by atoms with van der Waals surface area (Å²) in [5.41, 5.74) is 4.96. The molecule has 16 heteroatoms. The number of nitrogens with zero attached hydrogens (tertiary/aromatic N) is 5. The molecule has 1 saturated heterocycles. The van der Waals surface area contributed by atoms with E-state index in [1.165, 1.54) is 35.9 Å². The third-order valence-corrected chi connectivity index (χ3v) is 8.31. The van der Waals surface area contributed by atoms with Crippen molar-refractivity contribution < 1.29 is 38.8 Å². The van der Waals surface area contributed by atoms with Gasteiger partial charge in [0.1, 0.15) is 28.3 Å². The summed E-state index contributed by atoms with van der Waals surface area (Å²) in [5, 5.41) is 26.5. The van der Waals surface area contributed by atoms with Gasteiger partial charge < -0.3 is 30.5 Å². The number of rotatable bonds is 9. The molecule has 14 nitrogen and oxygen atoms in total. The Morgan fingerprint density at radius 2 is 2.10 bits per heavy atom. The third kappa shape index (κ3) is 4.98. The van der Waals surface area contributed by atoms with Crippen molar-refractivity contribution in [2.75, 3.05) is 11.5 Å². The number of carbonyl (C=O) groups is 4. The van der Waals surface area contributed by atoms with Crippen molar-refractivity contribution in [3.63, 3.8) is 0 Å². The maximum atomic E-state index is 13.2. The third-order valence-electron chi connectivity index (χ3n) is 6.30. The van der Waals surface area contributed by atoms with Crippen LogP contribution in [0.1, 0.15) is 19.5 Å². The van der Waals surface area contributed by atoms with E-state index in [0.717, 1.165) is 16.9 Å². The second-order valence-electron chi connectivity index (χ2n) is 9.48. The van der Waals surface area contributed by atoms with Gasteiger partial charge in [0, 0.05) is 22.9 Å². The van der Waals surface area contributed by atoms with Crippen molar-refractivity contribution in [3.8, 4) is 0 Å². The molecule has 2 amide bonds. The number of carboxylic acids is 2. The van der Waals surface area contributed by atoms with Crippen molar-refractivity contribution in [3.05, 3.63) is 59.3 Å². The number of aromatic nitrogens is 3. The molecule has 2 aliphatic rings. The van der Waals surface area contributed by atoms with Gasteiger partial charge in [-0.3, -0.25) is 14.5 Å². The molecule has 0 aliphatic carbocycles. The number of nitrogens with two attached hydrogens (primary N) is 1. The fraction of sp³-hybridized carbons (Fsp3) is 0.292. The summed E-state index contributed by atoms with van der Waals surface area (Å²) in [6.07, 6.45) is 7.45. The van der Waals surface area contributed by atoms with E-state index in [1.54, 1.807) is 0 Å². The molecule has 0 aromatic carbocycles. The summed E-state index contributed by atoms with van der Waals surface area (Å²) in [7, 11) is 0. The van der Waals surface area contributed by atoms with Gasteiger partial charge in [-0.1, -0.05) is 5.16 Å². The minimum absolute atomic E-state index is 0.0338. The average Bonchev–Trinajstić information content (AvgIpc) is 3.55. The van der Waals surface area contributed by atoms with Crippen molar-refractivity contribution >= 4 is 63.2 Å². The van der Waals surface area contributed by atoms with E-state index < -0.39 is 40.8 Å². The smallest absolute Gasteiger partial charge is 0.352 e. The molecule has 0 saturated carbocycles. The Labute approximate surface area is 234 Å². The van der Waals surface area contributed by atoms with Gasteiger partial charge in [0.15, 0.2) is 29.8 Å². The molecule has 1 fully saturated rings. The van der Waals surface area contributed by atoms with Gasteiger partial charge in [-0.2, -0.15) is 4.57 Å². The van der Waals surface area contributed by atoms with E-state index in [0.29, 0.717) is 11.3 Å². The number of hydrogen-bond acceptors (Lipinski definition) is 10. The number of oxime groups is 1. The molecule has 0 spiro atoms. The second kappa shape index (κ2) is 10.3. The van der Waals surface area contributed by atoms with E-state index in [1.807, 2.05) is 45.9 Å². The number of nitrogen functional groups attached to an aromatic ring is 1. The average molecular weight is 587 g/mol. The van der Waals surface area contributed by atoms with E-state index in [2.05, 4.69) is 15.5 Å². The lowest BCUT2D eigenvalue weighted by molar-refractivity contribution is -0.688. The van der Waals surface area contributed by atoms with Gasteiger partial charge in [-0.05, 0) is 26.0 Å². The monoisotopic (exact) mass is 586 g/mol. The SMILES string of the molecule is CC(C)(ON=C(C(=O)N[C@@H]1C(=O)N2C(C(=O)O)=C(C[n+]3ccn4cccc4c3)CS[C@@H]12)c1csc(N)n1)C(=O)O. The highest BCUT2D eigenvalue weighted by Gasteiger charge is 2.55.